The standard InChI is InChI=1S/C14H20ClN3S/c1-11(9-14(16)19)17-5-7-18(8-6-17)13-4-2-3-12(15)10-13/h2-4,10-11H,5-9H2,1H3,(H2,16,19). The molecule has 0 amide bonds. The summed E-state index contributed by atoms with van der Waals surface area (Å²) in [6.45, 7) is 6.30. The molecule has 0 saturated carbocycles. The second-order valence-electron chi connectivity index (χ2n) is 5.02. The number of anilines is 1. The van der Waals surface area contributed by atoms with Crippen LogP contribution in [0.15, 0.2) is 24.3 Å². The van der Waals surface area contributed by atoms with Crippen LogP contribution in [0.3, 0.4) is 0 Å². The van der Waals surface area contributed by atoms with Crippen LogP contribution in [0.1, 0.15) is 13.3 Å². The molecular weight excluding hydrogens is 278 g/mol. The molecular formula is C14H20ClN3S. The number of nitrogens with zero attached hydrogens (tertiary/aromatic N) is 2. The van der Waals surface area contributed by atoms with Crippen molar-refractivity contribution in [1.29, 1.82) is 0 Å². The number of piperazine rings is 1. The maximum Gasteiger partial charge on any atom is 0.0742 e. The molecule has 1 aliphatic heterocycles. The van der Waals surface area contributed by atoms with Crippen molar-refractivity contribution in [3.05, 3.63) is 29.3 Å². The van der Waals surface area contributed by atoms with Crippen LogP contribution in [0, 0.1) is 0 Å². The average Bonchev–Trinajstić information content (AvgIpc) is 2.38. The van der Waals surface area contributed by atoms with Gasteiger partial charge in [0.15, 0.2) is 0 Å². The molecule has 0 aliphatic carbocycles. The molecule has 3 nitrogen and oxygen atoms in total. The first-order valence-corrected chi connectivity index (χ1v) is 7.38. The highest BCUT2D eigenvalue weighted by Crippen LogP contribution is 2.21. The molecule has 1 atom stereocenters. The van der Waals surface area contributed by atoms with Crippen LogP contribution in [0.5, 0.6) is 0 Å². The number of rotatable bonds is 4. The zero-order valence-corrected chi connectivity index (χ0v) is 12.8. The Balaban J connectivity index is 1.90. The van der Waals surface area contributed by atoms with E-state index >= 15 is 0 Å². The number of benzene rings is 1. The van der Waals surface area contributed by atoms with Crippen molar-refractivity contribution in [3.63, 3.8) is 0 Å². The zero-order chi connectivity index (χ0) is 13.8. The average molecular weight is 298 g/mol. The summed E-state index contributed by atoms with van der Waals surface area (Å²) >= 11 is 11.0. The molecule has 1 unspecified atom stereocenters. The van der Waals surface area contributed by atoms with E-state index in [4.69, 9.17) is 29.6 Å². The normalized spacial score (nSPS) is 18.3. The van der Waals surface area contributed by atoms with Gasteiger partial charge in [-0.1, -0.05) is 29.9 Å². The van der Waals surface area contributed by atoms with Crippen LogP contribution in [0.25, 0.3) is 0 Å². The first kappa shape index (κ1) is 14.6. The predicted molar refractivity (Wildman–Crippen MR) is 86.1 cm³/mol. The van der Waals surface area contributed by atoms with Gasteiger partial charge < -0.3 is 10.6 Å². The second kappa shape index (κ2) is 6.55. The van der Waals surface area contributed by atoms with Gasteiger partial charge in [0.05, 0.1) is 4.99 Å². The minimum absolute atomic E-state index is 0.430. The highest BCUT2D eigenvalue weighted by molar-refractivity contribution is 7.80. The Hall–Kier alpha value is -0.840. The van der Waals surface area contributed by atoms with Gasteiger partial charge in [-0.25, -0.2) is 0 Å². The molecule has 5 heteroatoms. The molecule has 1 aliphatic rings. The number of halogens is 1. The van der Waals surface area contributed by atoms with Crippen molar-refractivity contribution in [2.45, 2.75) is 19.4 Å². The molecule has 0 spiro atoms. The van der Waals surface area contributed by atoms with Crippen LogP contribution in [0.4, 0.5) is 5.69 Å². The van der Waals surface area contributed by atoms with Gasteiger partial charge in [0.2, 0.25) is 0 Å². The van der Waals surface area contributed by atoms with Gasteiger partial charge in [0.1, 0.15) is 0 Å². The Morgan fingerprint density at radius 2 is 2.05 bits per heavy atom. The van der Waals surface area contributed by atoms with Gasteiger partial charge in [-0.05, 0) is 25.1 Å². The summed E-state index contributed by atoms with van der Waals surface area (Å²) < 4.78 is 0. The predicted octanol–water partition coefficient (Wildman–Crippen LogP) is 2.53. The number of nitrogens with two attached hydrogens (primary N) is 1. The fraction of sp³-hybridized carbons (Fsp3) is 0.500. The lowest BCUT2D eigenvalue weighted by molar-refractivity contribution is 0.201. The van der Waals surface area contributed by atoms with Crippen LogP contribution >= 0.6 is 23.8 Å². The van der Waals surface area contributed by atoms with Crippen LogP contribution in [0.2, 0.25) is 5.02 Å². The number of thiocarbonyl (C=S) groups is 1. The fourth-order valence-corrected chi connectivity index (χ4v) is 2.94. The van der Waals surface area contributed by atoms with E-state index in [0.29, 0.717) is 11.0 Å². The molecule has 1 aromatic rings. The van der Waals surface area contributed by atoms with E-state index in [1.165, 1.54) is 5.69 Å². The Labute approximate surface area is 125 Å². The molecule has 19 heavy (non-hydrogen) atoms. The van der Waals surface area contributed by atoms with Gasteiger partial charge >= 0.3 is 0 Å². The highest BCUT2D eigenvalue weighted by atomic mass is 35.5. The van der Waals surface area contributed by atoms with Crippen LogP contribution in [-0.4, -0.2) is 42.1 Å². The summed E-state index contributed by atoms with van der Waals surface area (Å²) in [5, 5.41) is 0.793. The zero-order valence-electron chi connectivity index (χ0n) is 11.2. The Kier molecular flexibility index (Phi) is 5.02. The summed E-state index contributed by atoms with van der Waals surface area (Å²) in [5.74, 6) is 0. The minimum Gasteiger partial charge on any atom is -0.393 e. The van der Waals surface area contributed by atoms with E-state index < -0.39 is 0 Å². The molecule has 1 saturated heterocycles. The molecule has 0 radical (unpaired) electrons. The lowest BCUT2D eigenvalue weighted by Crippen LogP contribution is -2.50. The Morgan fingerprint density at radius 3 is 2.63 bits per heavy atom. The Morgan fingerprint density at radius 1 is 1.37 bits per heavy atom. The smallest absolute Gasteiger partial charge is 0.0742 e. The molecule has 1 heterocycles. The molecule has 0 aromatic heterocycles. The van der Waals surface area contributed by atoms with Crippen LogP contribution < -0.4 is 10.6 Å². The molecule has 1 fully saturated rings. The fourth-order valence-electron chi connectivity index (χ4n) is 2.51. The SMILES string of the molecule is CC(CC(N)=S)N1CCN(c2cccc(Cl)c2)CC1. The summed E-state index contributed by atoms with van der Waals surface area (Å²) in [7, 11) is 0. The van der Waals surface area contributed by atoms with E-state index in [1.807, 2.05) is 18.2 Å². The molecule has 2 rings (SSSR count). The largest absolute Gasteiger partial charge is 0.393 e. The topological polar surface area (TPSA) is 32.5 Å². The van der Waals surface area contributed by atoms with Crippen molar-refractivity contribution >= 4 is 34.5 Å². The van der Waals surface area contributed by atoms with Crippen LogP contribution in [-0.2, 0) is 0 Å². The summed E-state index contributed by atoms with van der Waals surface area (Å²) in [5.41, 5.74) is 6.82. The first-order chi connectivity index (χ1) is 9.06. The Bertz CT molecular complexity index is 444. The van der Waals surface area contributed by atoms with E-state index in [-0.39, 0.29) is 0 Å². The van der Waals surface area contributed by atoms with Gasteiger partial charge in [-0.2, -0.15) is 0 Å². The van der Waals surface area contributed by atoms with E-state index in [0.717, 1.165) is 37.6 Å². The lowest BCUT2D eigenvalue weighted by Gasteiger charge is -2.39. The van der Waals surface area contributed by atoms with Crippen molar-refractivity contribution in [1.82, 2.24) is 4.90 Å². The van der Waals surface area contributed by atoms with Crippen molar-refractivity contribution in [2.75, 3.05) is 31.1 Å². The summed E-state index contributed by atoms with van der Waals surface area (Å²) in [4.78, 5) is 5.42. The van der Waals surface area contributed by atoms with Gasteiger partial charge in [-0.3, -0.25) is 4.90 Å². The lowest BCUT2D eigenvalue weighted by atomic mass is 10.1. The maximum absolute atomic E-state index is 6.04. The first-order valence-electron chi connectivity index (χ1n) is 6.59. The van der Waals surface area contributed by atoms with E-state index in [1.54, 1.807) is 0 Å². The van der Waals surface area contributed by atoms with Gasteiger partial charge in [0, 0.05) is 49.4 Å². The molecule has 104 valence electrons. The van der Waals surface area contributed by atoms with E-state index in [2.05, 4.69) is 22.8 Å². The summed E-state index contributed by atoms with van der Waals surface area (Å²) in [6.07, 6.45) is 0.798. The van der Waals surface area contributed by atoms with E-state index in [9.17, 15) is 0 Å². The maximum atomic E-state index is 6.04. The van der Waals surface area contributed by atoms with Gasteiger partial charge in [-0.15, -0.1) is 0 Å². The van der Waals surface area contributed by atoms with Crippen molar-refractivity contribution in [3.8, 4) is 0 Å². The monoisotopic (exact) mass is 297 g/mol. The van der Waals surface area contributed by atoms with Crippen molar-refractivity contribution in [2.24, 2.45) is 5.73 Å². The third kappa shape index (κ3) is 4.06. The number of hydrogen-bond donors (Lipinski definition) is 1. The van der Waals surface area contributed by atoms with Gasteiger partial charge in [0.25, 0.3) is 0 Å². The number of hydrogen-bond acceptors (Lipinski definition) is 3. The second-order valence-corrected chi connectivity index (χ2v) is 5.98. The summed E-state index contributed by atoms with van der Waals surface area (Å²) in [6, 6.07) is 8.47. The van der Waals surface area contributed by atoms with Crippen molar-refractivity contribution < 1.29 is 0 Å². The minimum atomic E-state index is 0.430. The molecule has 2 N–H and O–H groups in total. The molecule has 1 aromatic carbocycles. The highest BCUT2D eigenvalue weighted by Gasteiger charge is 2.21. The third-order valence-electron chi connectivity index (χ3n) is 3.61. The quantitative estimate of drug-likeness (QED) is 0.866. The molecule has 0 bridgehead atoms. The third-order valence-corrected chi connectivity index (χ3v) is 4.01.